The fourth-order valence-corrected chi connectivity index (χ4v) is 3.03. The van der Waals surface area contributed by atoms with Crippen LogP contribution in [0.25, 0.3) is 0 Å². The smallest absolute Gasteiger partial charge is 0.243 e. The molecule has 1 saturated heterocycles. The molecule has 2 aliphatic rings. The second kappa shape index (κ2) is 5.29. The summed E-state index contributed by atoms with van der Waals surface area (Å²) in [6.07, 6.45) is 2.00. The van der Waals surface area contributed by atoms with Gasteiger partial charge in [0.1, 0.15) is 6.04 Å². The molecule has 4 nitrogen and oxygen atoms in total. The highest BCUT2D eigenvalue weighted by Gasteiger charge is 2.41. The van der Waals surface area contributed by atoms with Gasteiger partial charge in [-0.15, -0.1) is 11.8 Å². The highest BCUT2D eigenvalue weighted by Crippen LogP contribution is 2.34. The van der Waals surface area contributed by atoms with E-state index in [9.17, 15) is 9.59 Å². The summed E-state index contributed by atoms with van der Waals surface area (Å²) < 4.78 is 0. The van der Waals surface area contributed by atoms with Crippen molar-refractivity contribution < 1.29 is 9.59 Å². The quantitative estimate of drug-likeness (QED) is 0.818. The Morgan fingerprint density at radius 2 is 2.12 bits per heavy atom. The van der Waals surface area contributed by atoms with Crippen molar-refractivity contribution in [3.8, 4) is 0 Å². The maximum Gasteiger partial charge on any atom is 0.243 e. The molecule has 0 aromatic rings. The van der Waals surface area contributed by atoms with Crippen LogP contribution in [0.4, 0.5) is 0 Å². The van der Waals surface area contributed by atoms with Gasteiger partial charge in [0.15, 0.2) is 0 Å². The van der Waals surface area contributed by atoms with Crippen LogP contribution < -0.4 is 5.32 Å². The van der Waals surface area contributed by atoms with Gasteiger partial charge in [0.25, 0.3) is 0 Å². The van der Waals surface area contributed by atoms with Gasteiger partial charge < -0.3 is 10.2 Å². The molecule has 5 heteroatoms. The van der Waals surface area contributed by atoms with E-state index in [1.54, 1.807) is 16.7 Å². The summed E-state index contributed by atoms with van der Waals surface area (Å²) in [4.78, 5) is 25.7. The van der Waals surface area contributed by atoms with Gasteiger partial charge in [-0.05, 0) is 18.8 Å². The number of nitrogens with zero attached hydrogens (tertiary/aromatic N) is 1. The number of carbonyl (C=O) groups excluding carboxylic acids is 2. The molecule has 0 aromatic heterocycles. The summed E-state index contributed by atoms with van der Waals surface area (Å²) in [5, 5.41) is 2.92. The summed E-state index contributed by atoms with van der Waals surface area (Å²) in [7, 11) is 0. The molecule has 0 spiro atoms. The summed E-state index contributed by atoms with van der Waals surface area (Å²) in [5.74, 6) is 2.25. The van der Waals surface area contributed by atoms with E-state index < -0.39 is 0 Å². The van der Waals surface area contributed by atoms with Crippen LogP contribution in [-0.4, -0.2) is 40.9 Å². The van der Waals surface area contributed by atoms with Crippen LogP contribution in [-0.2, 0) is 9.59 Å². The van der Waals surface area contributed by atoms with Gasteiger partial charge in [-0.2, -0.15) is 0 Å². The van der Waals surface area contributed by atoms with Crippen molar-refractivity contribution in [1.82, 2.24) is 10.2 Å². The lowest BCUT2D eigenvalue weighted by molar-refractivity contribution is -0.139. The predicted molar refractivity (Wildman–Crippen MR) is 68.5 cm³/mol. The van der Waals surface area contributed by atoms with Gasteiger partial charge >= 0.3 is 0 Å². The number of rotatable bonds is 4. The maximum atomic E-state index is 12.0. The number of nitrogens with one attached hydrogen (secondary N) is 1. The molecule has 1 atom stereocenters. The molecule has 2 amide bonds. The minimum absolute atomic E-state index is 0.0118. The lowest BCUT2D eigenvalue weighted by Crippen LogP contribution is -2.48. The monoisotopic (exact) mass is 256 g/mol. The van der Waals surface area contributed by atoms with E-state index in [2.05, 4.69) is 19.2 Å². The Kier molecular flexibility index (Phi) is 3.97. The number of hydrogen-bond donors (Lipinski definition) is 1. The summed E-state index contributed by atoms with van der Waals surface area (Å²) >= 11 is 1.67. The van der Waals surface area contributed by atoms with Crippen LogP contribution in [0, 0.1) is 11.8 Å². The van der Waals surface area contributed by atoms with Crippen molar-refractivity contribution in [2.45, 2.75) is 32.7 Å². The first-order valence-corrected chi connectivity index (χ1v) is 7.41. The Labute approximate surface area is 106 Å². The van der Waals surface area contributed by atoms with Crippen LogP contribution in [0.2, 0.25) is 0 Å². The van der Waals surface area contributed by atoms with Gasteiger partial charge in [0, 0.05) is 18.2 Å². The van der Waals surface area contributed by atoms with E-state index in [0.29, 0.717) is 18.3 Å². The normalized spacial score (nSPS) is 24.2. The number of thioether (sulfide) groups is 1. The van der Waals surface area contributed by atoms with E-state index >= 15 is 0 Å². The zero-order chi connectivity index (χ0) is 12.4. The van der Waals surface area contributed by atoms with Crippen LogP contribution >= 0.6 is 11.8 Å². The fraction of sp³-hybridized carbons (Fsp3) is 0.833. The molecule has 0 aromatic carbocycles. The molecular formula is C12H20N2O2S. The molecule has 0 radical (unpaired) electrons. The molecule has 1 saturated carbocycles. The van der Waals surface area contributed by atoms with E-state index in [1.165, 1.54) is 0 Å². The Hall–Kier alpha value is -0.710. The number of hydrogen-bond acceptors (Lipinski definition) is 3. The SMILES string of the molecule is CC(C)CNC(=O)[C@@H]1CSCN1C(=O)C1CC1. The lowest BCUT2D eigenvalue weighted by atomic mass is 10.2. The third-order valence-corrected chi connectivity index (χ3v) is 4.09. The van der Waals surface area contributed by atoms with Crippen molar-refractivity contribution in [2.75, 3.05) is 18.2 Å². The zero-order valence-electron chi connectivity index (χ0n) is 10.4. The Balaban J connectivity index is 1.89. The first-order valence-electron chi connectivity index (χ1n) is 6.25. The molecule has 1 aliphatic heterocycles. The molecule has 1 N–H and O–H groups in total. The van der Waals surface area contributed by atoms with Crippen molar-refractivity contribution in [3.05, 3.63) is 0 Å². The Morgan fingerprint density at radius 1 is 1.41 bits per heavy atom. The zero-order valence-corrected chi connectivity index (χ0v) is 11.3. The van der Waals surface area contributed by atoms with Gasteiger partial charge in [-0.25, -0.2) is 0 Å². The summed E-state index contributed by atoms with van der Waals surface area (Å²) in [5.41, 5.74) is 0. The summed E-state index contributed by atoms with van der Waals surface area (Å²) in [6, 6.07) is -0.244. The second-order valence-electron chi connectivity index (χ2n) is 5.24. The number of carbonyl (C=O) groups is 2. The van der Waals surface area contributed by atoms with Crippen molar-refractivity contribution in [3.63, 3.8) is 0 Å². The van der Waals surface area contributed by atoms with Crippen LogP contribution in [0.3, 0.4) is 0 Å². The van der Waals surface area contributed by atoms with Gasteiger partial charge in [0.2, 0.25) is 11.8 Å². The Morgan fingerprint density at radius 3 is 2.71 bits per heavy atom. The number of amides is 2. The van der Waals surface area contributed by atoms with Gasteiger partial charge in [-0.3, -0.25) is 9.59 Å². The highest BCUT2D eigenvalue weighted by molar-refractivity contribution is 7.99. The molecule has 2 fully saturated rings. The topological polar surface area (TPSA) is 49.4 Å². The average molecular weight is 256 g/mol. The van der Waals surface area contributed by atoms with E-state index in [1.807, 2.05) is 0 Å². The van der Waals surface area contributed by atoms with Crippen molar-refractivity contribution >= 4 is 23.6 Å². The first-order chi connectivity index (χ1) is 8.09. The van der Waals surface area contributed by atoms with E-state index in [-0.39, 0.29) is 23.8 Å². The third kappa shape index (κ3) is 3.15. The van der Waals surface area contributed by atoms with E-state index in [0.717, 1.165) is 18.6 Å². The molecule has 0 unspecified atom stereocenters. The van der Waals surface area contributed by atoms with Crippen LogP contribution in [0.1, 0.15) is 26.7 Å². The van der Waals surface area contributed by atoms with Crippen LogP contribution in [0.5, 0.6) is 0 Å². The standard InChI is InChI=1S/C12H20N2O2S/c1-8(2)5-13-11(15)10-6-17-7-14(10)12(16)9-3-4-9/h8-10H,3-7H2,1-2H3,(H,13,15)/t10-/m0/s1. The Bertz CT molecular complexity index is 316. The van der Waals surface area contributed by atoms with Crippen LogP contribution in [0.15, 0.2) is 0 Å². The highest BCUT2D eigenvalue weighted by atomic mass is 32.2. The lowest BCUT2D eigenvalue weighted by Gasteiger charge is -2.23. The second-order valence-corrected chi connectivity index (χ2v) is 6.24. The predicted octanol–water partition coefficient (Wildman–Crippen LogP) is 1.07. The largest absolute Gasteiger partial charge is 0.354 e. The van der Waals surface area contributed by atoms with Gasteiger partial charge in [0.05, 0.1) is 5.88 Å². The minimum atomic E-state index is -0.244. The van der Waals surface area contributed by atoms with Crippen molar-refractivity contribution in [2.24, 2.45) is 11.8 Å². The van der Waals surface area contributed by atoms with E-state index in [4.69, 9.17) is 0 Å². The molecule has 0 bridgehead atoms. The van der Waals surface area contributed by atoms with Crippen molar-refractivity contribution in [1.29, 1.82) is 0 Å². The van der Waals surface area contributed by atoms with Gasteiger partial charge in [-0.1, -0.05) is 13.8 Å². The molecule has 96 valence electrons. The maximum absolute atomic E-state index is 12.0. The molecule has 1 aliphatic carbocycles. The molecular weight excluding hydrogens is 236 g/mol. The fourth-order valence-electron chi connectivity index (χ4n) is 1.86. The third-order valence-electron chi connectivity index (χ3n) is 3.08. The molecule has 2 rings (SSSR count). The first kappa shape index (κ1) is 12.7. The minimum Gasteiger partial charge on any atom is -0.354 e. The molecule has 1 heterocycles. The average Bonchev–Trinajstić information content (AvgIpc) is 3.02. The molecule has 17 heavy (non-hydrogen) atoms. The summed E-state index contributed by atoms with van der Waals surface area (Å²) in [6.45, 7) is 4.82.